The van der Waals surface area contributed by atoms with E-state index in [9.17, 15) is 4.79 Å². The monoisotopic (exact) mass is 261 g/mol. The van der Waals surface area contributed by atoms with Crippen molar-refractivity contribution in [1.29, 1.82) is 0 Å². The standard InChI is InChI=1S/C12H15N5O2/c1-8-6-9-10(14-3-5-17(9)15-8)16-4-2-12(13,7-16)11(18)19/h3,5-6H,2,4,7,13H2,1H3,(H,18,19). The Hall–Kier alpha value is -2.15. The van der Waals surface area contributed by atoms with Crippen molar-refractivity contribution in [3.63, 3.8) is 0 Å². The molecule has 7 heteroatoms. The zero-order chi connectivity index (χ0) is 13.6. The highest BCUT2D eigenvalue weighted by Crippen LogP contribution is 2.27. The molecule has 19 heavy (non-hydrogen) atoms. The first-order valence-electron chi connectivity index (χ1n) is 6.08. The number of anilines is 1. The molecule has 2 aromatic rings. The molecule has 3 heterocycles. The normalized spacial score (nSPS) is 23.2. The van der Waals surface area contributed by atoms with Gasteiger partial charge in [0.2, 0.25) is 0 Å². The molecule has 0 amide bonds. The minimum atomic E-state index is -1.19. The Kier molecular flexibility index (Phi) is 2.46. The molecule has 1 fully saturated rings. The smallest absolute Gasteiger partial charge is 0.325 e. The SMILES string of the molecule is Cc1cc2c(N3CCC(N)(C(=O)O)C3)nccn2n1. The molecule has 0 saturated carbocycles. The second kappa shape index (κ2) is 3.92. The van der Waals surface area contributed by atoms with Crippen LogP contribution in [0, 0.1) is 6.92 Å². The summed E-state index contributed by atoms with van der Waals surface area (Å²) >= 11 is 0. The molecule has 0 spiro atoms. The van der Waals surface area contributed by atoms with Gasteiger partial charge in [-0.2, -0.15) is 5.10 Å². The number of fused-ring (bicyclic) bond motifs is 1. The number of rotatable bonds is 2. The van der Waals surface area contributed by atoms with Crippen LogP contribution in [0.2, 0.25) is 0 Å². The molecule has 1 aliphatic heterocycles. The van der Waals surface area contributed by atoms with Gasteiger partial charge in [-0.05, 0) is 19.4 Å². The summed E-state index contributed by atoms with van der Waals surface area (Å²) in [5.41, 5.74) is 6.46. The van der Waals surface area contributed by atoms with Crippen molar-refractivity contribution < 1.29 is 9.90 Å². The minimum absolute atomic E-state index is 0.263. The Morgan fingerprint density at radius 2 is 2.37 bits per heavy atom. The molecule has 1 aliphatic rings. The molecule has 100 valence electrons. The lowest BCUT2D eigenvalue weighted by molar-refractivity contribution is -0.142. The summed E-state index contributed by atoms with van der Waals surface area (Å²) in [4.78, 5) is 17.4. The van der Waals surface area contributed by atoms with Crippen LogP contribution in [0.25, 0.3) is 5.52 Å². The highest BCUT2D eigenvalue weighted by Gasteiger charge is 2.42. The summed E-state index contributed by atoms with van der Waals surface area (Å²) in [6.07, 6.45) is 3.85. The minimum Gasteiger partial charge on any atom is -0.480 e. The molecule has 0 radical (unpaired) electrons. The van der Waals surface area contributed by atoms with Crippen LogP contribution in [0.5, 0.6) is 0 Å². The number of aliphatic carboxylic acids is 1. The van der Waals surface area contributed by atoms with Gasteiger partial charge in [-0.25, -0.2) is 9.50 Å². The lowest BCUT2D eigenvalue weighted by Crippen LogP contribution is -2.50. The molecule has 7 nitrogen and oxygen atoms in total. The quantitative estimate of drug-likeness (QED) is 0.791. The third-order valence-electron chi connectivity index (χ3n) is 3.52. The molecule has 1 unspecified atom stereocenters. The van der Waals surface area contributed by atoms with Gasteiger partial charge in [-0.1, -0.05) is 0 Å². The first-order chi connectivity index (χ1) is 8.99. The van der Waals surface area contributed by atoms with E-state index in [1.165, 1.54) is 0 Å². The van der Waals surface area contributed by atoms with E-state index in [2.05, 4.69) is 10.1 Å². The zero-order valence-electron chi connectivity index (χ0n) is 10.6. The van der Waals surface area contributed by atoms with Gasteiger partial charge in [0.05, 0.1) is 5.69 Å². The van der Waals surface area contributed by atoms with Crippen LogP contribution in [-0.2, 0) is 4.79 Å². The number of nitrogens with two attached hydrogens (primary N) is 1. The predicted molar refractivity (Wildman–Crippen MR) is 69.1 cm³/mol. The fourth-order valence-corrected chi connectivity index (χ4v) is 2.46. The Labute approximate surface area is 109 Å². The second-order valence-electron chi connectivity index (χ2n) is 5.00. The summed E-state index contributed by atoms with van der Waals surface area (Å²) in [5, 5.41) is 13.5. The van der Waals surface area contributed by atoms with Gasteiger partial charge in [0.25, 0.3) is 0 Å². The fourth-order valence-electron chi connectivity index (χ4n) is 2.46. The molecule has 3 rings (SSSR count). The number of carboxylic acids is 1. The Balaban J connectivity index is 2.00. The average molecular weight is 261 g/mol. The maximum atomic E-state index is 11.2. The summed E-state index contributed by atoms with van der Waals surface area (Å²) in [5.74, 6) is -0.233. The Morgan fingerprint density at radius 1 is 1.58 bits per heavy atom. The number of aromatic nitrogens is 3. The first kappa shape index (κ1) is 11.9. The molecule has 3 N–H and O–H groups in total. The van der Waals surface area contributed by atoms with Crippen molar-refractivity contribution in [2.45, 2.75) is 18.9 Å². The molecular formula is C12H15N5O2. The molecule has 0 aromatic carbocycles. The Bertz CT molecular complexity index is 653. The van der Waals surface area contributed by atoms with Gasteiger partial charge >= 0.3 is 5.97 Å². The van der Waals surface area contributed by atoms with E-state index in [-0.39, 0.29) is 6.54 Å². The average Bonchev–Trinajstić information content (AvgIpc) is 2.91. The maximum Gasteiger partial charge on any atom is 0.325 e. The number of hydrogen-bond donors (Lipinski definition) is 2. The van der Waals surface area contributed by atoms with E-state index >= 15 is 0 Å². The summed E-state index contributed by atoms with van der Waals surface area (Å²) < 4.78 is 1.74. The van der Waals surface area contributed by atoms with Gasteiger partial charge in [0.1, 0.15) is 11.1 Å². The van der Waals surface area contributed by atoms with Crippen molar-refractivity contribution in [3.8, 4) is 0 Å². The van der Waals surface area contributed by atoms with E-state index in [0.717, 1.165) is 17.0 Å². The molecule has 0 aliphatic carbocycles. The van der Waals surface area contributed by atoms with Crippen molar-refractivity contribution >= 4 is 17.3 Å². The van der Waals surface area contributed by atoms with Crippen LogP contribution < -0.4 is 10.6 Å². The van der Waals surface area contributed by atoms with Crippen molar-refractivity contribution in [2.24, 2.45) is 5.73 Å². The number of carbonyl (C=O) groups is 1. The van der Waals surface area contributed by atoms with Crippen molar-refractivity contribution in [2.75, 3.05) is 18.0 Å². The van der Waals surface area contributed by atoms with Gasteiger partial charge in [-0.15, -0.1) is 0 Å². The van der Waals surface area contributed by atoms with Gasteiger partial charge in [-0.3, -0.25) is 4.79 Å². The van der Waals surface area contributed by atoms with E-state index < -0.39 is 11.5 Å². The zero-order valence-corrected chi connectivity index (χ0v) is 10.6. The number of nitrogens with zero attached hydrogens (tertiary/aromatic N) is 4. The molecule has 0 bridgehead atoms. The number of carboxylic acid groups (broad SMARTS) is 1. The molecule has 1 atom stereocenters. The molecule has 2 aromatic heterocycles. The summed E-state index contributed by atoms with van der Waals surface area (Å²) in [6, 6.07) is 1.93. The maximum absolute atomic E-state index is 11.2. The van der Waals surface area contributed by atoms with Crippen LogP contribution in [0.3, 0.4) is 0 Å². The second-order valence-corrected chi connectivity index (χ2v) is 5.00. The van der Waals surface area contributed by atoms with Gasteiger partial charge in [0.15, 0.2) is 5.82 Å². The lowest BCUT2D eigenvalue weighted by Gasteiger charge is -2.21. The summed E-state index contributed by atoms with van der Waals surface area (Å²) in [7, 11) is 0. The van der Waals surface area contributed by atoms with Crippen molar-refractivity contribution in [1.82, 2.24) is 14.6 Å². The van der Waals surface area contributed by atoms with Gasteiger partial charge in [0, 0.05) is 25.5 Å². The molecular weight excluding hydrogens is 246 g/mol. The van der Waals surface area contributed by atoms with E-state index in [0.29, 0.717) is 13.0 Å². The third-order valence-corrected chi connectivity index (χ3v) is 3.52. The highest BCUT2D eigenvalue weighted by atomic mass is 16.4. The van der Waals surface area contributed by atoms with Crippen molar-refractivity contribution in [3.05, 3.63) is 24.2 Å². The third kappa shape index (κ3) is 1.82. The van der Waals surface area contributed by atoms with Crippen LogP contribution in [0.15, 0.2) is 18.5 Å². The topological polar surface area (TPSA) is 96.8 Å². The van der Waals surface area contributed by atoms with E-state index in [1.807, 2.05) is 17.9 Å². The van der Waals surface area contributed by atoms with Gasteiger partial charge < -0.3 is 15.7 Å². The van der Waals surface area contributed by atoms with E-state index in [4.69, 9.17) is 10.8 Å². The van der Waals surface area contributed by atoms with Crippen LogP contribution in [0.1, 0.15) is 12.1 Å². The van der Waals surface area contributed by atoms with Crippen LogP contribution >= 0.6 is 0 Å². The predicted octanol–water partition coefficient (Wildman–Crippen LogP) is 0.0299. The largest absolute Gasteiger partial charge is 0.480 e. The fraction of sp³-hybridized carbons (Fsp3) is 0.417. The first-order valence-corrected chi connectivity index (χ1v) is 6.08. The summed E-state index contributed by atoms with van der Waals surface area (Å²) in [6.45, 7) is 2.75. The number of aryl methyl sites for hydroxylation is 1. The number of hydrogen-bond acceptors (Lipinski definition) is 5. The van der Waals surface area contributed by atoms with Crippen LogP contribution in [0.4, 0.5) is 5.82 Å². The Morgan fingerprint density at radius 3 is 3.05 bits per heavy atom. The van der Waals surface area contributed by atoms with Crippen LogP contribution in [-0.4, -0.2) is 44.3 Å². The van der Waals surface area contributed by atoms with E-state index in [1.54, 1.807) is 16.9 Å². The lowest BCUT2D eigenvalue weighted by atomic mass is 10.0. The highest BCUT2D eigenvalue weighted by molar-refractivity contribution is 5.81. The molecule has 1 saturated heterocycles.